The fourth-order valence-corrected chi connectivity index (χ4v) is 1.94. The molecule has 2 N–H and O–H groups in total. The Kier molecular flexibility index (Phi) is 3.99. The van der Waals surface area contributed by atoms with Gasteiger partial charge in [-0.15, -0.1) is 0 Å². The van der Waals surface area contributed by atoms with Gasteiger partial charge in [0.25, 0.3) is 0 Å². The average Bonchev–Trinajstić information content (AvgIpc) is 2.73. The minimum Gasteiger partial charge on any atom is -0.339 e. The summed E-state index contributed by atoms with van der Waals surface area (Å²) in [5, 5.41) is 4.96. The maximum absolute atomic E-state index is 5.90. The molecule has 2 rings (SSSR count). The molecule has 6 heteroatoms. The van der Waals surface area contributed by atoms with Crippen molar-refractivity contribution in [1.29, 1.82) is 0 Å². The van der Waals surface area contributed by atoms with E-state index in [1.165, 1.54) is 0 Å². The number of hydrogen-bond donors (Lipinski definition) is 1. The lowest BCUT2D eigenvalue weighted by atomic mass is 10.2. The van der Waals surface area contributed by atoms with Crippen LogP contribution in [0.1, 0.15) is 12.3 Å². The van der Waals surface area contributed by atoms with Gasteiger partial charge in [0.2, 0.25) is 11.7 Å². The van der Waals surface area contributed by atoms with E-state index >= 15 is 0 Å². The second kappa shape index (κ2) is 5.49. The van der Waals surface area contributed by atoms with E-state index in [0.29, 0.717) is 34.7 Å². The number of hydrogen-bond acceptors (Lipinski definition) is 4. The second-order valence-electron chi connectivity index (χ2n) is 3.56. The van der Waals surface area contributed by atoms with E-state index in [4.69, 9.17) is 33.5 Å². The van der Waals surface area contributed by atoms with E-state index in [1.807, 2.05) is 0 Å². The van der Waals surface area contributed by atoms with Crippen LogP contribution in [-0.2, 0) is 6.42 Å². The molecule has 2 aromatic rings. The molecule has 0 saturated carbocycles. The molecule has 0 aliphatic carbocycles. The molecule has 0 aliphatic heterocycles. The number of aromatic nitrogens is 2. The van der Waals surface area contributed by atoms with E-state index in [-0.39, 0.29) is 0 Å². The minimum absolute atomic E-state index is 0.487. The van der Waals surface area contributed by atoms with E-state index in [1.54, 1.807) is 18.2 Å². The molecule has 0 amide bonds. The van der Waals surface area contributed by atoms with Gasteiger partial charge in [0, 0.05) is 22.0 Å². The van der Waals surface area contributed by atoms with Crippen LogP contribution in [0.5, 0.6) is 0 Å². The first kappa shape index (κ1) is 12.4. The first-order chi connectivity index (χ1) is 8.19. The van der Waals surface area contributed by atoms with E-state index in [9.17, 15) is 0 Å². The molecule has 0 aliphatic rings. The van der Waals surface area contributed by atoms with Crippen molar-refractivity contribution in [1.82, 2.24) is 10.1 Å². The van der Waals surface area contributed by atoms with Crippen LogP contribution in [0.15, 0.2) is 22.7 Å². The highest BCUT2D eigenvalue weighted by atomic mass is 35.5. The molecule has 1 aromatic heterocycles. The molecule has 1 heterocycles. The van der Waals surface area contributed by atoms with Gasteiger partial charge in [-0.05, 0) is 31.2 Å². The van der Waals surface area contributed by atoms with E-state index < -0.39 is 0 Å². The van der Waals surface area contributed by atoms with Crippen molar-refractivity contribution in [3.8, 4) is 11.4 Å². The molecule has 0 unspecified atom stereocenters. The predicted molar refractivity (Wildman–Crippen MR) is 67.1 cm³/mol. The Morgan fingerprint density at radius 3 is 2.53 bits per heavy atom. The molecule has 0 fully saturated rings. The average molecular weight is 272 g/mol. The van der Waals surface area contributed by atoms with Crippen molar-refractivity contribution < 1.29 is 4.52 Å². The van der Waals surface area contributed by atoms with Crippen LogP contribution >= 0.6 is 23.2 Å². The Morgan fingerprint density at radius 1 is 1.18 bits per heavy atom. The lowest BCUT2D eigenvalue weighted by Crippen LogP contribution is -2.00. The van der Waals surface area contributed by atoms with Crippen LogP contribution in [0.25, 0.3) is 11.4 Å². The largest absolute Gasteiger partial charge is 0.339 e. The van der Waals surface area contributed by atoms with Crippen LogP contribution in [0.2, 0.25) is 10.0 Å². The van der Waals surface area contributed by atoms with Crippen LogP contribution in [0.4, 0.5) is 0 Å². The van der Waals surface area contributed by atoms with Crippen molar-refractivity contribution in [2.75, 3.05) is 6.54 Å². The van der Waals surface area contributed by atoms with Crippen molar-refractivity contribution >= 4 is 23.2 Å². The zero-order valence-corrected chi connectivity index (χ0v) is 10.5. The van der Waals surface area contributed by atoms with Gasteiger partial charge >= 0.3 is 0 Å². The van der Waals surface area contributed by atoms with Gasteiger partial charge in [0.05, 0.1) is 0 Å². The third-order valence-corrected chi connectivity index (χ3v) is 2.62. The Bertz CT molecular complexity index is 493. The maximum Gasteiger partial charge on any atom is 0.227 e. The summed E-state index contributed by atoms with van der Waals surface area (Å²) >= 11 is 11.8. The topological polar surface area (TPSA) is 64.9 Å². The summed E-state index contributed by atoms with van der Waals surface area (Å²) in [4.78, 5) is 4.25. The number of halogens is 2. The van der Waals surface area contributed by atoms with E-state index in [2.05, 4.69) is 10.1 Å². The second-order valence-corrected chi connectivity index (χ2v) is 4.43. The fourth-order valence-electron chi connectivity index (χ4n) is 1.41. The molecule has 17 heavy (non-hydrogen) atoms. The minimum atomic E-state index is 0.487. The molecule has 0 atom stereocenters. The Balaban J connectivity index is 2.24. The summed E-state index contributed by atoms with van der Waals surface area (Å²) in [7, 11) is 0. The Morgan fingerprint density at radius 2 is 1.88 bits per heavy atom. The fraction of sp³-hybridized carbons (Fsp3) is 0.273. The molecule has 0 radical (unpaired) electrons. The standard InChI is InChI=1S/C11H11Cl2N3O/c12-8-4-7(5-9(13)6-8)11-15-10(17-16-11)2-1-3-14/h4-6H,1-3,14H2. The Hall–Kier alpha value is -1.10. The van der Waals surface area contributed by atoms with Crippen LogP contribution in [-0.4, -0.2) is 16.7 Å². The SMILES string of the molecule is NCCCc1nc(-c2cc(Cl)cc(Cl)c2)no1. The molecular formula is C11H11Cl2N3O. The summed E-state index contributed by atoms with van der Waals surface area (Å²) in [5.41, 5.74) is 6.15. The van der Waals surface area contributed by atoms with Gasteiger partial charge in [-0.3, -0.25) is 0 Å². The van der Waals surface area contributed by atoms with Gasteiger partial charge < -0.3 is 10.3 Å². The molecule has 4 nitrogen and oxygen atoms in total. The monoisotopic (exact) mass is 271 g/mol. The van der Waals surface area contributed by atoms with Crippen LogP contribution in [0.3, 0.4) is 0 Å². The van der Waals surface area contributed by atoms with Crippen molar-refractivity contribution in [2.24, 2.45) is 5.73 Å². The highest BCUT2D eigenvalue weighted by Crippen LogP contribution is 2.25. The first-order valence-electron chi connectivity index (χ1n) is 5.18. The van der Waals surface area contributed by atoms with E-state index in [0.717, 1.165) is 12.0 Å². The number of nitrogens with zero attached hydrogens (tertiary/aromatic N) is 2. The summed E-state index contributed by atoms with van der Waals surface area (Å²) in [6, 6.07) is 5.14. The van der Waals surface area contributed by atoms with Crippen molar-refractivity contribution in [2.45, 2.75) is 12.8 Å². The third-order valence-electron chi connectivity index (χ3n) is 2.18. The molecular weight excluding hydrogens is 261 g/mol. The molecule has 0 bridgehead atoms. The molecule has 90 valence electrons. The number of aryl methyl sites for hydroxylation is 1. The molecule has 1 aromatic carbocycles. The highest BCUT2D eigenvalue weighted by Gasteiger charge is 2.09. The summed E-state index contributed by atoms with van der Waals surface area (Å²) < 4.78 is 5.10. The highest BCUT2D eigenvalue weighted by molar-refractivity contribution is 6.35. The lowest BCUT2D eigenvalue weighted by Gasteiger charge is -1.97. The van der Waals surface area contributed by atoms with Gasteiger partial charge in [-0.2, -0.15) is 4.98 Å². The maximum atomic E-state index is 5.90. The zero-order valence-electron chi connectivity index (χ0n) is 8.99. The predicted octanol–water partition coefficient (Wildman–Crippen LogP) is 2.93. The normalized spacial score (nSPS) is 10.8. The molecule has 0 saturated heterocycles. The lowest BCUT2D eigenvalue weighted by molar-refractivity contribution is 0.376. The number of rotatable bonds is 4. The van der Waals surface area contributed by atoms with Gasteiger partial charge in [0.1, 0.15) is 0 Å². The van der Waals surface area contributed by atoms with Crippen LogP contribution < -0.4 is 5.73 Å². The third kappa shape index (κ3) is 3.19. The van der Waals surface area contributed by atoms with Crippen LogP contribution in [0, 0.1) is 0 Å². The summed E-state index contributed by atoms with van der Waals surface area (Å²) in [6.07, 6.45) is 1.50. The van der Waals surface area contributed by atoms with Gasteiger partial charge in [0.15, 0.2) is 0 Å². The van der Waals surface area contributed by atoms with Gasteiger partial charge in [-0.1, -0.05) is 28.4 Å². The number of benzene rings is 1. The quantitative estimate of drug-likeness (QED) is 0.929. The Labute approximate surface area is 109 Å². The molecule has 0 spiro atoms. The zero-order chi connectivity index (χ0) is 12.3. The smallest absolute Gasteiger partial charge is 0.227 e. The number of nitrogens with two attached hydrogens (primary N) is 1. The summed E-state index contributed by atoms with van der Waals surface area (Å²) in [5.74, 6) is 1.06. The van der Waals surface area contributed by atoms with Crippen molar-refractivity contribution in [3.05, 3.63) is 34.1 Å². The van der Waals surface area contributed by atoms with Crippen molar-refractivity contribution in [3.63, 3.8) is 0 Å². The first-order valence-corrected chi connectivity index (χ1v) is 5.94. The van der Waals surface area contributed by atoms with Gasteiger partial charge in [-0.25, -0.2) is 0 Å². The summed E-state index contributed by atoms with van der Waals surface area (Å²) in [6.45, 7) is 0.598.